The Labute approximate surface area is 142 Å². The van der Waals surface area contributed by atoms with Crippen molar-refractivity contribution in [1.82, 2.24) is 4.90 Å². The van der Waals surface area contributed by atoms with E-state index in [9.17, 15) is 19.7 Å². The molecule has 0 bridgehead atoms. The molecule has 0 spiro atoms. The summed E-state index contributed by atoms with van der Waals surface area (Å²) < 4.78 is 9.70. The third kappa shape index (κ3) is 3.69. The van der Waals surface area contributed by atoms with E-state index in [1.54, 1.807) is 0 Å². The van der Waals surface area contributed by atoms with Crippen LogP contribution < -0.4 is 10.1 Å². The van der Waals surface area contributed by atoms with Crippen LogP contribution in [-0.4, -0.2) is 60.7 Å². The molecule has 10 nitrogen and oxygen atoms in total. The Hall–Kier alpha value is -3.14. The van der Waals surface area contributed by atoms with E-state index in [-0.39, 0.29) is 42.3 Å². The van der Waals surface area contributed by atoms with Crippen molar-refractivity contribution in [3.63, 3.8) is 0 Å². The number of benzene rings is 1. The first kappa shape index (κ1) is 18.2. The maximum absolute atomic E-state index is 12.5. The summed E-state index contributed by atoms with van der Waals surface area (Å²) in [4.78, 5) is 36.2. The van der Waals surface area contributed by atoms with E-state index in [1.165, 1.54) is 37.3 Å². The quantitative estimate of drug-likeness (QED) is 0.407. The van der Waals surface area contributed by atoms with Gasteiger partial charge in [-0.15, -0.1) is 0 Å². The molecule has 1 aliphatic heterocycles. The summed E-state index contributed by atoms with van der Waals surface area (Å²) in [6.07, 6.45) is 0. The third-order valence-electron chi connectivity index (χ3n) is 3.61. The lowest BCUT2D eigenvalue weighted by atomic mass is 10.2. The SMILES string of the molecule is COC(=O)C1=C(Nc2cc(OC)ccc2[N+](=O)[O-])C(=O)N(CCO)C1. The van der Waals surface area contributed by atoms with E-state index >= 15 is 0 Å². The number of nitrogens with zero attached hydrogens (tertiary/aromatic N) is 2. The van der Waals surface area contributed by atoms with Crippen LogP contribution in [0.3, 0.4) is 0 Å². The predicted molar refractivity (Wildman–Crippen MR) is 86.0 cm³/mol. The van der Waals surface area contributed by atoms with Crippen LogP contribution in [0.25, 0.3) is 0 Å². The van der Waals surface area contributed by atoms with Gasteiger partial charge in [0.2, 0.25) is 0 Å². The minimum absolute atomic E-state index is 0.0000449. The fourth-order valence-corrected chi connectivity index (χ4v) is 2.39. The molecule has 25 heavy (non-hydrogen) atoms. The smallest absolute Gasteiger partial charge is 0.337 e. The number of β-amino-alcohol motifs (C(OH)–C–C–N with tert-alkyl or cyclic N) is 1. The first-order valence-electron chi connectivity index (χ1n) is 7.24. The van der Waals surface area contributed by atoms with Gasteiger partial charge < -0.3 is 24.8 Å². The average Bonchev–Trinajstić information content (AvgIpc) is 2.90. The molecule has 0 aliphatic carbocycles. The molecule has 0 aromatic heterocycles. The number of amides is 1. The molecule has 0 fully saturated rings. The molecule has 1 aromatic rings. The number of carbonyl (C=O) groups is 2. The number of nitro groups is 1. The third-order valence-corrected chi connectivity index (χ3v) is 3.61. The zero-order valence-corrected chi connectivity index (χ0v) is 13.6. The Bertz CT molecular complexity index is 745. The number of anilines is 1. The molecule has 10 heteroatoms. The van der Waals surface area contributed by atoms with Crippen molar-refractivity contribution in [3.8, 4) is 5.75 Å². The van der Waals surface area contributed by atoms with Crippen molar-refractivity contribution in [2.75, 3.05) is 39.2 Å². The molecule has 1 aromatic carbocycles. The first-order valence-corrected chi connectivity index (χ1v) is 7.24. The number of aliphatic hydroxyl groups excluding tert-OH is 1. The first-order chi connectivity index (χ1) is 11.9. The van der Waals surface area contributed by atoms with Crippen molar-refractivity contribution in [2.24, 2.45) is 0 Å². The number of nitro benzene ring substituents is 1. The summed E-state index contributed by atoms with van der Waals surface area (Å²) in [5.74, 6) is -0.959. The fraction of sp³-hybridized carbons (Fsp3) is 0.333. The number of hydrogen-bond acceptors (Lipinski definition) is 8. The number of hydrogen-bond donors (Lipinski definition) is 2. The second kappa shape index (κ2) is 7.62. The second-order valence-corrected chi connectivity index (χ2v) is 5.06. The Kier molecular flexibility index (Phi) is 5.55. The van der Waals surface area contributed by atoms with Crippen molar-refractivity contribution in [3.05, 3.63) is 39.6 Å². The van der Waals surface area contributed by atoms with Gasteiger partial charge in [0.25, 0.3) is 11.6 Å². The topological polar surface area (TPSA) is 131 Å². The molecule has 0 saturated carbocycles. The number of rotatable bonds is 7. The summed E-state index contributed by atoms with van der Waals surface area (Å²) in [6, 6.07) is 3.99. The van der Waals surface area contributed by atoms with Gasteiger partial charge >= 0.3 is 5.97 Å². The molecular weight excluding hydrogens is 334 g/mol. The molecule has 134 valence electrons. The summed E-state index contributed by atoms with van der Waals surface area (Å²) in [7, 11) is 2.56. The van der Waals surface area contributed by atoms with Gasteiger partial charge in [0.05, 0.1) is 37.9 Å². The van der Waals surface area contributed by atoms with E-state index in [0.717, 1.165) is 0 Å². The summed E-state index contributed by atoms with van der Waals surface area (Å²) in [5, 5.41) is 22.9. The lowest BCUT2D eigenvalue weighted by Gasteiger charge is -2.15. The van der Waals surface area contributed by atoms with Crippen molar-refractivity contribution in [2.45, 2.75) is 0 Å². The Morgan fingerprint density at radius 2 is 2.16 bits per heavy atom. The van der Waals surface area contributed by atoms with E-state index in [2.05, 4.69) is 10.1 Å². The highest BCUT2D eigenvalue weighted by molar-refractivity contribution is 6.08. The monoisotopic (exact) mass is 351 g/mol. The summed E-state index contributed by atoms with van der Waals surface area (Å²) in [6.45, 7) is -0.330. The summed E-state index contributed by atoms with van der Waals surface area (Å²) in [5.41, 5.74) is -0.388. The molecule has 1 amide bonds. The molecule has 0 unspecified atom stereocenters. The highest BCUT2D eigenvalue weighted by Crippen LogP contribution is 2.32. The molecule has 1 aliphatic rings. The van der Waals surface area contributed by atoms with Crippen LogP contribution in [0.5, 0.6) is 5.75 Å². The van der Waals surface area contributed by atoms with Crippen LogP contribution in [0.2, 0.25) is 0 Å². The minimum atomic E-state index is -0.734. The Morgan fingerprint density at radius 3 is 2.72 bits per heavy atom. The second-order valence-electron chi connectivity index (χ2n) is 5.06. The van der Waals surface area contributed by atoms with Gasteiger partial charge in [-0.1, -0.05) is 0 Å². The van der Waals surface area contributed by atoms with Gasteiger partial charge in [-0.05, 0) is 6.07 Å². The molecule has 2 rings (SSSR count). The van der Waals surface area contributed by atoms with E-state index in [4.69, 9.17) is 9.84 Å². The highest BCUT2D eigenvalue weighted by atomic mass is 16.6. The zero-order valence-electron chi connectivity index (χ0n) is 13.6. The van der Waals surface area contributed by atoms with Crippen LogP contribution in [0.4, 0.5) is 11.4 Å². The van der Waals surface area contributed by atoms with E-state index in [0.29, 0.717) is 5.75 Å². The van der Waals surface area contributed by atoms with Crippen LogP contribution in [0.1, 0.15) is 0 Å². The van der Waals surface area contributed by atoms with Gasteiger partial charge in [-0.3, -0.25) is 14.9 Å². The predicted octanol–water partition coefficient (Wildman–Crippen LogP) is 0.277. The zero-order chi connectivity index (χ0) is 18.6. The highest BCUT2D eigenvalue weighted by Gasteiger charge is 2.35. The van der Waals surface area contributed by atoms with Gasteiger partial charge in [0.15, 0.2) is 0 Å². The van der Waals surface area contributed by atoms with Gasteiger partial charge in [-0.25, -0.2) is 4.79 Å². The maximum Gasteiger partial charge on any atom is 0.337 e. The number of ether oxygens (including phenoxy) is 2. The Balaban J connectivity index is 2.46. The summed E-state index contributed by atoms with van der Waals surface area (Å²) >= 11 is 0. The Morgan fingerprint density at radius 1 is 1.44 bits per heavy atom. The molecule has 2 N–H and O–H groups in total. The van der Waals surface area contributed by atoms with Gasteiger partial charge in [0.1, 0.15) is 17.1 Å². The van der Waals surface area contributed by atoms with Gasteiger partial charge in [-0.2, -0.15) is 0 Å². The standard InChI is InChI=1S/C15H17N3O7/c1-24-9-3-4-12(18(22)23)11(7-9)16-13-10(15(21)25-2)8-17(5-6-19)14(13)20/h3-4,7,16,19H,5-6,8H2,1-2H3. The molecule has 1 heterocycles. The molecule has 0 atom stereocenters. The number of methoxy groups -OCH3 is 2. The normalized spacial score (nSPS) is 13.9. The maximum atomic E-state index is 12.5. The van der Waals surface area contributed by atoms with Crippen LogP contribution in [0, 0.1) is 10.1 Å². The van der Waals surface area contributed by atoms with Crippen LogP contribution >= 0.6 is 0 Å². The van der Waals surface area contributed by atoms with Crippen LogP contribution in [-0.2, 0) is 14.3 Å². The minimum Gasteiger partial charge on any atom is -0.497 e. The number of carbonyl (C=O) groups excluding carboxylic acids is 2. The fourth-order valence-electron chi connectivity index (χ4n) is 2.39. The molecular formula is C15H17N3O7. The van der Waals surface area contributed by atoms with Crippen LogP contribution in [0.15, 0.2) is 29.5 Å². The average molecular weight is 351 g/mol. The molecule has 0 radical (unpaired) electrons. The van der Waals surface area contributed by atoms with Crippen molar-refractivity contribution >= 4 is 23.3 Å². The lowest BCUT2D eigenvalue weighted by molar-refractivity contribution is -0.383. The van der Waals surface area contributed by atoms with E-state index < -0.39 is 16.8 Å². The van der Waals surface area contributed by atoms with Gasteiger partial charge in [0, 0.05) is 18.7 Å². The molecule has 0 saturated heterocycles. The van der Waals surface area contributed by atoms with Crippen molar-refractivity contribution < 1.29 is 29.1 Å². The largest absolute Gasteiger partial charge is 0.497 e. The number of aliphatic hydroxyl groups is 1. The number of nitrogens with one attached hydrogen (secondary N) is 1. The van der Waals surface area contributed by atoms with E-state index in [1.807, 2.05) is 0 Å². The van der Waals surface area contributed by atoms with Crippen molar-refractivity contribution in [1.29, 1.82) is 0 Å². The lowest BCUT2D eigenvalue weighted by Crippen LogP contribution is -2.31. The number of esters is 1.